The molecule has 11 heteroatoms. The SMILES string of the molecule is CSc1cccc(N2CC(C(=O)N3CCN(c4nn5c(C)cc(=O)nc5s4)CC3)CC2=O)c1. The van der Waals surface area contributed by atoms with Crippen molar-refractivity contribution in [2.24, 2.45) is 5.92 Å². The maximum Gasteiger partial charge on any atom is 0.274 e. The lowest BCUT2D eigenvalue weighted by molar-refractivity contribution is -0.136. The van der Waals surface area contributed by atoms with Crippen LogP contribution in [0.4, 0.5) is 10.8 Å². The highest BCUT2D eigenvalue weighted by Crippen LogP contribution is 2.30. The van der Waals surface area contributed by atoms with E-state index in [-0.39, 0.29) is 29.7 Å². The quantitative estimate of drug-likeness (QED) is 0.522. The Balaban J connectivity index is 1.23. The van der Waals surface area contributed by atoms with Crippen molar-refractivity contribution >= 4 is 50.7 Å². The molecule has 1 atom stereocenters. The van der Waals surface area contributed by atoms with Gasteiger partial charge in [-0.15, -0.1) is 16.9 Å². The Morgan fingerprint density at radius 1 is 1.15 bits per heavy atom. The van der Waals surface area contributed by atoms with E-state index in [9.17, 15) is 14.4 Å². The minimum Gasteiger partial charge on any atom is -0.343 e. The lowest BCUT2D eigenvalue weighted by Gasteiger charge is -2.35. The molecule has 9 nitrogen and oxygen atoms in total. The number of carbonyl (C=O) groups excluding carboxylic acids is 2. The van der Waals surface area contributed by atoms with Gasteiger partial charge in [-0.3, -0.25) is 14.4 Å². The molecular formula is C22H24N6O3S2. The smallest absolute Gasteiger partial charge is 0.274 e. The van der Waals surface area contributed by atoms with Gasteiger partial charge in [0.15, 0.2) is 0 Å². The van der Waals surface area contributed by atoms with E-state index in [0.29, 0.717) is 37.7 Å². The lowest BCUT2D eigenvalue weighted by atomic mass is 10.1. The molecule has 2 fully saturated rings. The number of nitrogens with zero attached hydrogens (tertiary/aromatic N) is 6. The molecule has 1 unspecified atom stereocenters. The molecule has 2 aliphatic heterocycles. The van der Waals surface area contributed by atoms with Crippen LogP contribution in [0, 0.1) is 12.8 Å². The molecule has 2 amide bonds. The van der Waals surface area contributed by atoms with Gasteiger partial charge in [0, 0.05) is 61.5 Å². The Morgan fingerprint density at radius 2 is 1.94 bits per heavy atom. The van der Waals surface area contributed by atoms with E-state index in [1.165, 1.54) is 17.4 Å². The Labute approximate surface area is 199 Å². The van der Waals surface area contributed by atoms with Crippen molar-refractivity contribution in [1.82, 2.24) is 19.5 Å². The van der Waals surface area contributed by atoms with E-state index < -0.39 is 0 Å². The molecule has 1 aromatic carbocycles. The fraction of sp³-hybridized carbons (Fsp3) is 0.409. The van der Waals surface area contributed by atoms with Gasteiger partial charge in [0.1, 0.15) is 0 Å². The molecule has 0 aliphatic carbocycles. The first-order valence-corrected chi connectivity index (χ1v) is 12.8. The van der Waals surface area contributed by atoms with Crippen molar-refractivity contribution in [3.05, 3.63) is 46.4 Å². The maximum atomic E-state index is 13.2. The molecular weight excluding hydrogens is 460 g/mol. The maximum absolute atomic E-state index is 13.2. The van der Waals surface area contributed by atoms with Crippen LogP contribution in [-0.2, 0) is 9.59 Å². The fourth-order valence-corrected chi connectivity index (χ4v) is 5.80. The summed E-state index contributed by atoms with van der Waals surface area (Å²) in [6, 6.07) is 9.34. The van der Waals surface area contributed by atoms with Crippen molar-refractivity contribution in [3.8, 4) is 0 Å². The summed E-state index contributed by atoms with van der Waals surface area (Å²) < 4.78 is 1.68. The van der Waals surface area contributed by atoms with Crippen LogP contribution in [0.2, 0.25) is 0 Å². The van der Waals surface area contributed by atoms with Crippen molar-refractivity contribution in [3.63, 3.8) is 0 Å². The standard InChI is InChI=1S/C22H24N6O3S2/c1-14-10-18(29)23-21-28(14)24-22(33-21)26-8-6-25(7-9-26)20(31)15-11-19(30)27(13-15)16-4-3-5-17(12-16)32-2/h3-5,10,12,15H,6-9,11,13H2,1-2H3. The third kappa shape index (κ3) is 4.22. The number of benzene rings is 1. The molecule has 0 bridgehead atoms. The number of anilines is 2. The first-order chi connectivity index (χ1) is 15.9. The van der Waals surface area contributed by atoms with Gasteiger partial charge >= 0.3 is 0 Å². The summed E-state index contributed by atoms with van der Waals surface area (Å²) in [5.74, 6) is -0.279. The number of piperazine rings is 1. The Hall–Kier alpha value is -2.92. The van der Waals surface area contributed by atoms with Crippen molar-refractivity contribution < 1.29 is 9.59 Å². The van der Waals surface area contributed by atoms with Crippen LogP contribution in [0.25, 0.3) is 4.96 Å². The normalized spacial score (nSPS) is 19.0. The summed E-state index contributed by atoms with van der Waals surface area (Å²) >= 11 is 3.01. The van der Waals surface area contributed by atoms with E-state index in [1.54, 1.807) is 21.2 Å². The number of carbonyl (C=O) groups is 2. The number of thioether (sulfide) groups is 1. The van der Waals surface area contributed by atoms with Gasteiger partial charge in [0.25, 0.3) is 5.56 Å². The molecule has 0 spiro atoms. The molecule has 4 heterocycles. The minimum absolute atomic E-state index is 0.00245. The van der Waals surface area contributed by atoms with Crippen LogP contribution in [0.5, 0.6) is 0 Å². The third-order valence-electron chi connectivity index (χ3n) is 6.12. The lowest BCUT2D eigenvalue weighted by Crippen LogP contribution is -2.50. The van der Waals surface area contributed by atoms with E-state index >= 15 is 0 Å². The number of hydrogen-bond donors (Lipinski definition) is 0. The topological polar surface area (TPSA) is 91.1 Å². The van der Waals surface area contributed by atoms with Crippen LogP contribution in [0.1, 0.15) is 12.1 Å². The number of hydrogen-bond acceptors (Lipinski definition) is 8. The van der Waals surface area contributed by atoms with Crippen LogP contribution >= 0.6 is 23.1 Å². The highest BCUT2D eigenvalue weighted by atomic mass is 32.2. The van der Waals surface area contributed by atoms with Gasteiger partial charge in [-0.25, -0.2) is 4.52 Å². The number of rotatable bonds is 4. The molecule has 172 valence electrons. The molecule has 0 radical (unpaired) electrons. The second-order valence-corrected chi connectivity index (χ2v) is 10.0. The molecule has 33 heavy (non-hydrogen) atoms. The monoisotopic (exact) mass is 484 g/mol. The third-order valence-corrected chi connectivity index (χ3v) is 7.82. The van der Waals surface area contributed by atoms with Crippen molar-refractivity contribution in [1.29, 1.82) is 0 Å². The fourth-order valence-electron chi connectivity index (χ4n) is 4.34. The number of aromatic nitrogens is 3. The summed E-state index contributed by atoms with van der Waals surface area (Å²) in [5, 5.41) is 5.39. The molecule has 0 saturated carbocycles. The second-order valence-electron chi connectivity index (χ2n) is 8.23. The molecule has 3 aromatic rings. The van der Waals surface area contributed by atoms with E-state index in [4.69, 9.17) is 0 Å². The Kier molecular flexibility index (Phi) is 5.83. The second kappa shape index (κ2) is 8.79. The van der Waals surface area contributed by atoms with Crippen molar-refractivity contribution in [2.75, 3.05) is 48.8 Å². The predicted octanol–water partition coefficient (Wildman–Crippen LogP) is 1.88. The highest BCUT2D eigenvalue weighted by molar-refractivity contribution is 7.98. The molecule has 2 aromatic heterocycles. The van der Waals surface area contributed by atoms with Crippen LogP contribution in [-0.4, -0.2) is 70.3 Å². The zero-order valence-electron chi connectivity index (χ0n) is 18.4. The highest BCUT2D eigenvalue weighted by Gasteiger charge is 2.38. The summed E-state index contributed by atoms with van der Waals surface area (Å²) in [4.78, 5) is 48.9. The molecule has 2 aliphatic rings. The number of fused-ring (bicyclic) bond motifs is 1. The van der Waals surface area contributed by atoms with Gasteiger partial charge in [-0.1, -0.05) is 17.4 Å². The summed E-state index contributed by atoms with van der Waals surface area (Å²) in [7, 11) is 0. The molecule has 5 rings (SSSR count). The molecule has 0 N–H and O–H groups in total. The Bertz CT molecular complexity index is 1280. The van der Waals surface area contributed by atoms with Gasteiger partial charge < -0.3 is 14.7 Å². The first-order valence-electron chi connectivity index (χ1n) is 10.8. The van der Waals surface area contributed by atoms with E-state index in [0.717, 1.165) is 21.4 Å². The predicted molar refractivity (Wildman–Crippen MR) is 129 cm³/mol. The average molecular weight is 485 g/mol. The van der Waals surface area contributed by atoms with Gasteiger partial charge in [-0.05, 0) is 31.4 Å². The van der Waals surface area contributed by atoms with Gasteiger partial charge in [0.05, 0.1) is 5.92 Å². The van der Waals surface area contributed by atoms with E-state index in [2.05, 4.69) is 15.0 Å². The summed E-state index contributed by atoms with van der Waals surface area (Å²) in [5.41, 5.74) is 1.34. The van der Waals surface area contributed by atoms with Crippen LogP contribution < -0.4 is 15.4 Å². The van der Waals surface area contributed by atoms with Crippen LogP contribution in [0.15, 0.2) is 40.0 Å². The van der Waals surface area contributed by atoms with Crippen LogP contribution in [0.3, 0.4) is 0 Å². The largest absolute Gasteiger partial charge is 0.343 e. The zero-order valence-corrected chi connectivity index (χ0v) is 20.1. The minimum atomic E-state index is -0.317. The van der Waals surface area contributed by atoms with Crippen molar-refractivity contribution in [2.45, 2.75) is 18.2 Å². The molecule has 2 saturated heterocycles. The Morgan fingerprint density at radius 3 is 2.70 bits per heavy atom. The summed E-state index contributed by atoms with van der Waals surface area (Å²) in [6.45, 7) is 4.70. The summed E-state index contributed by atoms with van der Waals surface area (Å²) in [6.07, 6.45) is 2.25. The number of amides is 2. The number of aryl methyl sites for hydroxylation is 1. The van der Waals surface area contributed by atoms with Gasteiger partial charge in [0.2, 0.25) is 21.9 Å². The first kappa shape index (κ1) is 21.9. The average Bonchev–Trinajstić information content (AvgIpc) is 3.42. The zero-order chi connectivity index (χ0) is 23.1. The van der Waals surface area contributed by atoms with E-state index in [1.807, 2.05) is 42.3 Å². The van der Waals surface area contributed by atoms with Gasteiger partial charge in [-0.2, -0.15) is 4.98 Å².